The fraction of sp³-hybridized carbons (Fsp3) is 0.259. The molecule has 0 spiro atoms. The van der Waals surface area contributed by atoms with Crippen molar-refractivity contribution in [3.8, 4) is 0 Å². The van der Waals surface area contributed by atoms with Gasteiger partial charge in [0.15, 0.2) is 9.84 Å². The molecule has 3 aromatic rings. The molecule has 0 aromatic heterocycles. The van der Waals surface area contributed by atoms with Crippen LogP contribution in [0.25, 0.3) is 0 Å². The Morgan fingerprint density at radius 3 is 2.43 bits per heavy atom. The summed E-state index contributed by atoms with van der Waals surface area (Å²) in [6.07, 6.45) is 2.38. The van der Waals surface area contributed by atoms with Crippen LogP contribution in [0.4, 0.5) is 15.8 Å². The highest BCUT2D eigenvalue weighted by Gasteiger charge is 2.28. The molecule has 0 saturated carbocycles. The third kappa shape index (κ3) is 6.33. The summed E-state index contributed by atoms with van der Waals surface area (Å²) in [5.41, 5.74) is 3.32. The van der Waals surface area contributed by atoms with Crippen molar-refractivity contribution in [3.05, 3.63) is 95.3 Å². The Morgan fingerprint density at radius 1 is 0.943 bits per heavy atom. The summed E-state index contributed by atoms with van der Waals surface area (Å²) < 4.78 is 38.5. The van der Waals surface area contributed by atoms with E-state index in [1.807, 2.05) is 30.3 Å². The third-order valence-electron chi connectivity index (χ3n) is 6.01. The molecular formula is C27H27FN2O4S. The molecule has 2 amide bonds. The van der Waals surface area contributed by atoms with Crippen LogP contribution in [-0.2, 0) is 27.5 Å². The van der Waals surface area contributed by atoms with Gasteiger partial charge in [0.25, 0.3) is 5.91 Å². The number of nitrogens with zero attached hydrogens (tertiary/aromatic N) is 1. The summed E-state index contributed by atoms with van der Waals surface area (Å²) in [4.78, 5) is 27.1. The van der Waals surface area contributed by atoms with Crippen LogP contribution in [0.15, 0.2) is 72.8 Å². The number of fused-ring (bicyclic) bond motifs is 1. The van der Waals surface area contributed by atoms with Gasteiger partial charge in [0.05, 0.1) is 5.75 Å². The smallest absolute Gasteiger partial charge is 0.255 e. The van der Waals surface area contributed by atoms with Crippen LogP contribution in [0.1, 0.15) is 34.3 Å². The molecule has 1 aliphatic rings. The lowest BCUT2D eigenvalue weighted by molar-refractivity contribution is -0.116. The van der Waals surface area contributed by atoms with Gasteiger partial charge in [-0.2, -0.15) is 0 Å². The molecule has 0 bridgehead atoms. The predicted molar refractivity (Wildman–Crippen MR) is 135 cm³/mol. The van der Waals surface area contributed by atoms with Crippen molar-refractivity contribution < 1.29 is 22.4 Å². The average molecular weight is 495 g/mol. The van der Waals surface area contributed by atoms with Crippen LogP contribution in [0.3, 0.4) is 0 Å². The molecule has 6 nitrogen and oxygen atoms in total. The first kappa shape index (κ1) is 24.6. The number of halogens is 1. The fourth-order valence-corrected chi connectivity index (χ4v) is 5.54. The van der Waals surface area contributed by atoms with E-state index in [1.54, 1.807) is 18.2 Å². The fourth-order valence-electron chi connectivity index (χ4n) is 4.28. The molecule has 1 aliphatic heterocycles. The Labute approximate surface area is 204 Å². The van der Waals surface area contributed by atoms with Gasteiger partial charge in [-0.3, -0.25) is 9.59 Å². The van der Waals surface area contributed by atoms with E-state index in [4.69, 9.17) is 0 Å². The summed E-state index contributed by atoms with van der Waals surface area (Å²) in [6.45, 7) is 0.417. The third-order valence-corrected chi connectivity index (χ3v) is 7.61. The number of aryl methyl sites for hydroxylation is 1. The van der Waals surface area contributed by atoms with Gasteiger partial charge in [-0.25, -0.2) is 12.8 Å². The highest BCUT2D eigenvalue weighted by molar-refractivity contribution is 7.92. The molecule has 0 saturated heterocycles. The van der Waals surface area contributed by atoms with Crippen LogP contribution in [-0.4, -0.2) is 38.3 Å². The molecule has 0 unspecified atom stereocenters. The summed E-state index contributed by atoms with van der Waals surface area (Å²) in [6, 6.07) is 20.1. The first-order chi connectivity index (χ1) is 16.8. The highest BCUT2D eigenvalue weighted by atomic mass is 32.2. The number of hydrogen-bond donors (Lipinski definition) is 1. The van der Waals surface area contributed by atoms with Crippen molar-refractivity contribution in [2.24, 2.45) is 0 Å². The summed E-state index contributed by atoms with van der Waals surface area (Å²) in [7, 11) is -3.56. The highest BCUT2D eigenvalue weighted by Crippen LogP contribution is 2.33. The van der Waals surface area contributed by atoms with Crippen molar-refractivity contribution in [2.45, 2.75) is 25.7 Å². The SMILES string of the molecule is O=C(Nc1cccc2c1CCCN2C(=O)CS(=O)(=O)CCCc1ccccc1)c1ccc(F)cc1. The summed E-state index contributed by atoms with van der Waals surface area (Å²) >= 11 is 0. The largest absolute Gasteiger partial charge is 0.322 e. The zero-order chi connectivity index (χ0) is 24.8. The molecular weight excluding hydrogens is 467 g/mol. The molecule has 8 heteroatoms. The lowest BCUT2D eigenvalue weighted by Gasteiger charge is -2.31. The predicted octanol–water partition coefficient (Wildman–Crippen LogP) is 4.40. The molecule has 0 fully saturated rings. The van der Waals surface area contributed by atoms with E-state index < -0.39 is 27.3 Å². The normalized spacial score (nSPS) is 13.2. The monoisotopic (exact) mass is 494 g/mol. The minimum atomic E-state index is -3.56. The lowest BCUT2D eigenvalue weighted by atomic mass is 9.99. The number of hydrogen-bond acceptors (Lipinski definition) is 4. The van der Waals surface area contributed by atoms with E-state index in [0.717, 1.165) is 11.1 Å². The zero-order valence-electron chi connectivity index (χ0n) is 19.2. The van der Waals surface area contributed by atoms with Crippen LogP contribution in [0.2, 0.25) is 0 Å². The molecule has 0 aliphatic carbocycles. The van der Waals surface area contributed by atoms with E-state index in [-0.39, 0.29) is 11.7 Å². The van der Waals surface area contributed by atoms with Gasteiger partial charge in [0.1, 0.15) is 11.6 Å². The molecule has 0 radical (unpaired) electrons. The zero-order valence-corrected chi connectivity index (χ0v) is 20.1. The van der Waals surface area contributed by atoms with Crippen molar-refractivity contribution in [3.63, 3.8) is 0 Å². The molecule has 4 rings (SSSR count). The second kappa shape index (κ2) is 10.8. The van der Waals surface area contributed by atoms with E-state index in [9.17, 15) is 22.4 Å². The molecule has 1 heterocycles. The Kier molecular flexibility index (Phi) is 7.60. The Morgan fingerprint density at radius 2 is 1.69 bits per heavy atom. The van der Waals surface area contributed by atoms with Crippen molar-refractivity contribution in [1.82, 2.24) is 0 Å². The Bertz CT molecular complexity index is 1310. The molecule has 0 atom stereocenters. The number of sulfone groups is 1. The van der Waals surface area contributed by atoms with Gasteiger partial charge in [-0.05, 0) is 73.2 Å². The minimum Gasteiger partial charge on any atom is -0.322 e. The average Bonchev–Trinajstić information content (AvgIpc) is 2.84. The van der Waals surface area contributed by atoms with Gasteiger partial charge >= 0.3 is 0 Å². The first-order valence-electron chi connectivity index (χ1n) is 11.6. The van der Waals surface area contributed by atoms with Gasteiger partial charge in [0, 0.05) is 23.5 Å². The maximum atomic E-state index is 13.2. The van der Waals surface area contributed by atoms with Crippen LogP contribution < -0.4 is 10.2 Å². The van der Waals surface area contributed by atoms with Crippen molar-refractivity contribution in [1.29, 1.82) is 0 Å². The number of benzene rings is 3. The maximum absolute atomic E-state index is 13.2. The number of carbonyl (C=O) groups is 2. The van der Waals surface area contributed by atoms with E-state index in [2.05, 4.69) is 5.32 Å². The second-order valence-corrected chi connectivity index (χ2v) is 10.8. The molecule has 182 valence electrons. The van der Waals surface area contributed by atoms with Crippen LogP contribution in [0, 0.1) is 5.82 Å². The van der Waals surface area contributed by atoms with Crippen LogP contribution in [0.5, 0.6) is 0 Å². The number of carbonyl (C=O) groups excluding carboxylic acids is 2. The summed E-state index contributed by atoms with van der Waals surface area (Å²) in [5, 5.41) is 2.84. The van der Waals surface area contributed by atoms with E-state index >= 15 is 0 Å². The number of nitrogens with one attached hydrogen (secondary N) is 1. The van der Waals surface area contributed by atoms with Gasteiger partial charge in [0.2, 0.25) is 5.91 Å². The van der Waals surface area contributed by atoms with E-state index in [1.165, 1.54) is 29.2 Å². The number of amides is 2. The van der Waals surface area contributed by atoms with Crippen molar-refractivity contribution in [2.75, 3.05) is 28.3 Å². The second-order valence-electron chi connectivity index (χ2n) is 8.59. The molecule has 3 aromatic carbocycles. The van der Waals surface area contributed by atoms with Crippen molar-refractivity contribution >= 4 is 33.0 Å². The van der Waals surface area contributed by atoms with Gasteiger partial charge in [-0.15, -0.1) is 0 Å². The van der Waals surface area contributed by atoms with Gasteiger partial charge < -0.3 is 10.2 Å². The standard InChI is InChI=1S/C27H27FN2O4S/c28-22-15-13-21(14-16-22)27(32)29-24-11-4-12-25-23(24)10-5-17-30(25)26(31)19-35(33,34)18-6-9-20-7-2-1-3-8-20/h1-4,7-8,11-16H,5-6,9-10,17-19H2,(H,29,32). The van der Waals surface area contributed by atoms with Crippen LogP contribution >= 0.6 is 0 Å². The van der Waals surface area contributed by atoms with Gasteiger partial charge in [-0.1, -0.05) is 36.4 Å². The topological polar surface area (TPSA) is 83.6 Å². The Balaban J connectivity index is 1.43. The minimum absolute atomic E-state index is 0.0535. The molecule has 1 N–H and O–H groups in total. The number of rotatable bonds is 8. The number of anilines is 2. The molecule has 35 heavy (non-hydrogen) atoms. The summed E-state index contributed by atoms with van der Waals surface area (Å²) in [5.74, 6) is -1.88. The lowest BCUT2D eigenvalue weighted by Crippen LogP contribution is -2.40. The first-order valence-corrected chi connectivity index (χ1v) is 13.4. The maximum Gasteiger partial charge on any atom is 0.255 e. The van der Waals surface area contributed by atoms with E-state index in [0.29, 0.717) is 49.2 Å². The Hall–Kier alpha value is -3.52. The quantitative estimate of drug-likeness (QED) is 0.503.